The highest BCUT2D eigenvalue weighted by molar-refractivity contribution is 5.72. The molecule has 2 atom stereocenters. The molecule has 0 aromatic rings. The second-order valence-corrected chi connectivity index (χ2v) is 5.94. The Morgan fingerprint density at radius 1 is 1.38 bits per heavy atom. The number of nitrogens with one attached hydrogen (secondary N) is 1. The summed E-state index contributed by atoms with van der Waals surface area (Å²) in [6.07, 6.45) is 13.1. The average Bonchev–Trinajstić information content (AvgIpc) is 2.86. The highest BCUT2D eigenvalue weighted by atomic mass is 16.1. The summed E-state index contributed by atoms with van der Waals surface area (Å²) in [6.45, 7) is 9.79. The molecule has 0 saturated carbocycles. The van der Waals surface area contributed by atoms with E-state index in [1.165, 1.54) is 25.7 Å². The molecular weight excluding hydrogens is 262 g/mol. The van der Waals surface area contributed by atoms with Crippen molar-refractivity contribution < 1.29 is 9.28 Å². The van der Waals surface area contributed by atoms with Gasteiger partial charge in [0.25, 0.3) is 0 Å². The summed E-state index contributed by atoms with van der Waals surface area (Å²) in [7, 11) is 0. The Hall–Kier alpha value is -1.16. The molecular formula is C17H32N3O+. The first kappa shape index (κ1) is 17.9. The first-order valence-electron chi connectivity index (χ1n) is 8.41. The lowest BCUT2D eigenvalue weighted by molar-refractivity contribution is -0.934. The number of hydrogen-bond donors (Lipinski definition) is 1. The lowest BCUT2D eigenvalue weighted by Gasteiger charge is -2.37. The Morgan fingerprint density at radius 2 is 2.19 bits per heavy atom. The summed E-state index contributed by atoms with van der Waals surface area (Å²) >= 11 is 0. The van der Waals surface area contributed by atoms with Gasteiger partial charge in [0.1, 0.15) is 6.54 Å². The molecule has 1 aliphatic heterocycles. The minimum Gasteiger partial charge on any atom is -0.351 e. The predicted octanol–water partition coefficient (Wildman–Crippen LogP) is 2.90. The molecule has 1 rings (SSSR count). The maximum atomic E-state index is 11.0. The van der Waals surface area contributed by atoms with E-state index in [1.54, 1.807) is 6.92 Å². The van der Waals surface area contributed by atoms with E-state index in [2.05, 4.69) is 42.5 Å². The molecule has 0 bridgehead atoms. The van der Waals surface area contributed by atoms with Crippen LogP contribution in [0, 0.1) is 0 Å². The van der Waals surface area contributed by atoms with Gasteiger partial charge in [0.15, 0.2) is 6.17 Å². The third-order valence-corrected chi connectivity index (χ3v) is 4.40. The molecule has 1 heterocycles. The normalized spacial score (nSPS) is 24.8. The van der Waals surface area contributed by atoms with E-state index in [0.717, 1.165) is 37.1 Å². The average molecular weight is 294 g/mol. The maximum absolute atomic E-state index is 11.0. The number of carbonyl (C=O) groups excluding carboxylic acids is 1. The molecule has 0 saturated heterocycles. The SMILES string of the molecule is CCCCC/C=C/CC1N=CC[N+]1(CC)CCNC(C)=O. The largest absolute Gasteiger partial charge is 0.351 e. The Kier molecular flexibility index (Phi) is 8.28. The second-order valence-electron chi connectivity index (χ2n) is 5.94. The molecule has 4 heteroatoms. The van der Waals surface area contributed by atoms with Gasteiger partial charge in [-0.1, -0.05) is 31.9 Å². The number of likely N-dealkylation sites (N-methyl/N-ethyl adjacent to an activating group) is 1. The van der Waals surface area contributed by atoms with Crippen LogP contribution in [0.2, 0.25) is 0 Å². The van der Waals surface area contributed by atoms with E-state index in [9.17, 15) is 4.79 Å². The van der Waals surface area contributed by atoms with Crippen LogP contribution in [0.4, 0.5) is 0 Å². The van der Waals surface area contributed by atoms with Gasteiger partial charge in [-0.2, -0.15) is 0 Å². The van der Waals surface area contributed by atoms with Gasteiger partial charge < -0.3 is 5.32 Å². The predicted molar refractivity (Wildman–Crippen MR) is 89.4 cm³/mol. The summed E-state index contributed by atoms with van der Waals surface area (Å²) in [5, 5.41) is 2.91. The van der Waals surface area contributed by atoms with Crippen molar-refractivity contribution in [1.29, 1.82) is 0 Å². The van der Waals surface area contributed by atoms with Crippen molar-refractivity contribution in [2.75, 3.05) is 26.2 Å². The number of amides is 1. The Labute approximate surface area is 129 Å². The highest BCUT2D eigenvalue weighted by Crippen LogP contribution is 2.22. The number of aliphatic imine (C=N–C) groups is 1. The monoisotopic (exact) mass is 294 g/mol. The third kappa shape index (κ3) is 6.00. The van der Waals surface area contributed by atoms with Gasteiger partial charge in [0.2, 0.25) is 5.91 Å². The molecule has 4 nitrogen and oxygen atoms in total. The lowest BCUT2D eigenvalue weighted by Crippen LogP contribution is -2.55. The van der Waals surface area contributed by atoms with Crippen LogP contribution in [-0.2, 0) is 4.79 Å². The minimum atomic E-state index is 0.0525. The van der Waals surface area contributed by atoms with Crippen molar-refractivity contribution in [3.63, 3.8) is 0 Å². The number of unbranched alkanes of at least 4 members (excludes halogenated alkanes) is 3. The van der Waals surface area contributed by atoms with Crippen molar-refractivity contribution in [1.82, 2.24) is 5.32 Å². The first-order valence-corrected chi connectivity index (χ1v) is 8.41. The molecule has 0 spiro atoms. The number of quaternary nitrogens is 1. The summed E-state index contributed by atoms with van der Waals surface area (Å²) in [6, 6.07) is 0. The van der Waals surface area contributed by atoms with Crippen LogP contribution in [0.1, 0.15) is 52.9 Å². The Balaban J connectivity index is 2.42. The molecule has 0 radical (unpaired) electrons. The van der Waals surface area contributed by atoms with Crippen LogP contribution >= 0.6 is 0 Å². The van der Waals surface area contributed by atoms with E-state index in [-0.39, 0.29) is 5.91 Å². The van der Waals surface area contributed by atoms with E-state index >= 15 is 0 Å². The minimum absolute atomic E-state index is 0.0525. The summed E-state index contributed by atoms with van der Waals surface area (Å²) in [4.78, 5) is 15.7. The highest BCUT2D eigenvalue weighted by Gasteiger charge is 2.36. The van der Waals surface area contributed by atoms with Gasteiger partial charge in [-0.05, 0) is 19.8 Å². The van der Waals surface area contributed by atoms with Crippen LogP contribution in [0.5, 0.6) is 0 Å². The molecule has 1 aliphatic rings. The quantitative estimate of drug-likeness (QED) is 0.376. The molecule has 0 aromatic heterocycles. The number of hydrogen-bond acceptors (Lipinski definition) is 2. The fourth-order valence-corrected chi connectivity index (χ4v) is 2.92. The summed E-state index contributed by atoms with van der Waals surface area (Å²) < 4.78 is 0.972. The second kappa shape index (κ2) is 9.72. The topological polar surface area (TPSA) is 41.5 Å². The number of carbonyl (C=O) groups is 1. The zero-order chi connectivity index (χ0) is 15.6. The van der Waals surface area contributed by atoms with Gasteiger partial charge in [-0.15, -0.1) is 0 Å². The van der Waals surface area contributed by atoms with Crippen molar-refractivity contribution in [3.05, 3.63) is 12.2 Å². The Morgan fingerprint density at radius 3 is 2.86 bits per heavy atom. The number of allylic oxidation sites excluding steroid dienone is 1. The summed E-state index contributed by atoms with van der Waals surface area (Å²) in [5.41, 5.74) is 0. The summed E-state index contributed by atoms with van der Waals surface area (Å²) in [5.74, 6) is 0.0525. The van der Waals surface area contributed by atoms with Gasteiger partial charge in [0.05, 0.1) is 25.8 Å². The van der Waals surface area contributed by atoms with Crippen molar-refractivity contribution in [2.24, 2.45) is 4.99 Å². The lowest BCUT2D eigenvalue weighted by atomic mass is 10.1. The standard InChI is InChI=1S/C17H31N3O/c1-4-6-7-8-9-10-11-17-19-13-15-20(17,5-2)14-12-18-16(3)21/h9-10,13,17H,4-8,11-12,14-15H2,1-3H3/p+1/b10-9+. The smallest absolute Gasteiger partial charge is 0.217 e. The van der Waals surface area contributed by atoms with Crippen LogP contribution in [0.3, 0.4) is 0 Å². The molecule has 120 valence electrons. The van der Waals surface area contributed by atoms with Crippen LogP contribution < -0.4 is 5.32 Å². The van der Waals surface area contributed by atoms with Gasteiger partial charge >= 0.3 is 0 Å². The molecule has 0 aromatic carbocycles. The molecule has 21 heavy (non-hydrogen) atoms. The zero-order valence-electron chi connectivity index (χ0n) is 14.0. The van der Waals surface area contributed by atoms with Crippen LogP contribution in [-0.4, -0.2) is 48.9 Å². The number of rotatable bonds is 10. The van der Waals surface area contributed by atoms with Crippen LogP contribution in [0.15, 0.2) is 17.1 Å². The van der Waals surface area contributed by atoms with Crippen molar-refractivity contribution in [3.8, 4) is 0 Å². The Bertz CT molecular complexity index is 365. The fraction of sp³-hybridized carbons (Fsp3) is 0.765. The number of nitrogens with zero attached hydrogens (tertiary/aromatic N) is 2. The zero-order valence-corrected chi connectivity index (χ0v) is 14.0. The van der Waals surface area contributed by atoms with E-state index in [1.807, 2.05) is 0 Å². The first-order chi connectivity index (χ1) is 10.1. The molecule has 0 aliphatic carbocycles. The van der Waals surface area contributed by atoms with Crippen molar-refractivity contribution in [2.45, 2.75) is 59.0 Å². The molecule has 0 fully saturated rings. The molecule has 1 N–H and O–H groups in total. The molecule has 1 amide bonds. The fourth-order valence-electron chi connectivity index (χ4n) is 2.92. The molecule has 2 unspecified atom stereocenters. The van der Waals surface area contributed by atoms with Crippen LogP contribution in [0.25, 0.3) is 0 Å². The van der Waals surface area contributed by atoms with Crippen molar-refractivity contribution >= 4 is 12.1 Å². The van der Waals surface area contributed by atoms with Gasteiger partial charge in [0, 0.05) is 13.3 Å². The maximum Gasteiger partial charge on any atom is 0.217 e. The van der Waals surface area contributed by atoms with E-state index in [0.29, 0.717) is 6.17 Å². The van der Waals surface area contributed by atoms with E-state index < -0.39 is 0 Å². The van der Waals surface area contributed by atoms with Gasteiger partial charge in [-0.3, -0.25) is 9.28 Å². The third-order valence-electron chi connectivity index (χ3n) is 4.40. The van der Waals surface area contributed by atoms with E-state index in [4.69, 9.17) is 0 Å². The van der Waals surface area contributed by atoms with Gasteiger partial charge in [-0.25, -0.2) is 4.99 Å².